The van der Waals surface area contributed by atoms with Gasteiger partial charge in [0, 0.05) is 44.8 Å². The van der Waals surface area contributed by atoms with Crippen LogP contribution in [0.25, 0.3) is 0 Å². The third-order valence-electron chi connectivity index (χ3n) is 5.64. The molecule has 0 bridgehead atoms. The van der Waals surface area contributed by atoms with Gasteiger partial charge in [0.1, 0.15) is 0 Å². The Kier molecular flexibility index (Phi) is 7.37. The molecule has 1 aliphatic rings. The highest BCUT2D eigenvalue weighted by atomic mass is 16.2. The molecule has 166 valence electrons. The van der Waals surface area contributed by atoms with Gasteiger partial charge in [-0.15, -0.1) is 0 Å². The van der Waals surface area contributed by atoms with Crippen LogP contribution in [0.2, 0.25) is 0 Å². The van der Waals surface area contributed by atoms with Gasteiger partial charge in [0.2, 0.25) is 5.91 Å². The predicted octanol–water partition coefficient (Wildman–Crippen LogP) is 4.48. The molecule has 1 heterocycles. The van der Waals surface area contributed by atoms with Crippen LogP contribution in [-0.2, 0) is 11.3 Å². The number of hydrogen-bond acceptors (Lipinski definition) is 3. The second-order valence-electron chi connectivity index (χ2n) is 9.73. The van der Waals surface area contributed by atoms with Crippen LogP contribution in [0.1, 0.15) is 56.0 Å². The number of amides is 2. The summed E-state index contributed by atoms with van der Waals surface area (Å²) in [6.07, 6.45) is 2.31. The largest absolute Gasteiger partial charge is 0.371 e. The Hall–Kier alpha value is -2.82. The summed E-state index contributed by atoms with van der Waals surface area (Å²) in [5.74, 6) is 0.157. The fraction of sp³-hybridized carbons (Fsp3) is 0.462. The van der Waals surface area contributed by atoms with E-state index in [1.807, 2.05) is 61.6 Å². The van der Waals surface area contributed by atoms with Crippen molar-refractivity contribution in [2.45, 2.75) is 52.6 Å². The van der Waals surface area contributed by atoms with Gasteiger partial charge in [0.15, 0.2) is 0 Å². The van der Waals surface area contributed by atoms with E-state index < -0.39 is 0 Å². The van der Waals surface area contributed by atoms with Crippen molar-refractivity contribution in [3.05, 3.63) is 65.7 Å². The number of carbonyl (C=O) groups is 2. The summed E-state index contributed by atoms with van der Waals surface area (Å²) >= 11 is 0. The van der Waals surface area contributed by atoms with E-state index in [-0.39, 0.29) is 23.3 Å². The molecule has 0 aliphatic carbocycles. The monoisotopic (exact) mass is 421 g/mol. The molecule has 0 radical (unpaired) electrons. The number of benzene rings is 2. The van der Waals surface area contributed by atoms with Crippen LogP contribution in [-0.4, -0.2) is 42.9 Å². The lowest BCUT2D eigenvalue weighted by molar-refractivity contribution is -0.123. The van der Waals surface area contributed by atoms with Crippen LogP contribution >= 0.6 is 0 Å². The van der Waals surface area contributed by atoms with Crippen LogP contribution in [0.15, 0.2) is 54.6 Å². The molecule has 1 saturated heterocycles. The number of piperidine rings is 1. The number of rotatable bonds is 6. The quantitative estimate of drug-likeness (QED) is 0.748. The Labute approximate surface area is 186 Å². The van der Waals surface area contributed by atoms with Gasteiger partial charge in [-0.3, -0.25) is 9.59 Å². The van der Waals surface area contributed by atoms with E-state index in [2.05, 4.69) is 31.0 Å². The molecule has 0 saturated carbocycles. The summed E-state index contributed by atoms with van der Waals surface area (Å²) in [6, 6.07) is 18.1. The Balaban J connectivity index is 1.62. The molecule has 1 fully saturated rings. The van der Waals surface area contributed by atoms with Crippen molar-refractivity contribution in [2.24, 2.45) is 5.41 Å². The molecule has 5 heteroatoms. The molecular weight excluding hydrogens is 386 g/mol. The van der Waals surface area contributed by atoms with Crippen molar-refractivity contribution < 1.29 is 9.59 Å². The van der Waals surface area contributed by atoms with Crippen molar-refractivity contribution >= 4 is 17.5 Å². The first-order valence-corrected chi connectivity index (χ1v) is 11.2. The van der Waals surface area contributed by atoms with Gasteiger partial charge in [-0.25, -0.2) is 0 Å². The molecule has 0 aromatic heterocycles. The number of anilines is 1. The van der Waals surface area contributed by atoms with E-state index in [9.17, 15) is 9.59 Å². The highest BCUT2D eigenvalue weighted by molar-refractivity contribution is 5.99. The average molecular weight is 422 g/mol. The van der Waals surface area contributed by atoms with Gasteiger partial charge < -0.3 is 15.1 Å². The molecule has 2 aromatic rings. The minimum absolute atomic E-state index is 0.00410. The van der Waals surface area contributed by atoms with Crippen LogP contribution in [0, 0.1) is 5.41 Å². The molecule has 0 spiro atoms. The zero-order valence-corrected chi connectivity index (χ0v) is 19.2. The number of nitrogens with one attached hydrogen (secondary N) is 1. The summed E-state index contributed by atoms with van der Waals surface area (Å²) in [4.78, 5) is 29.5. The minimum atomic E-state index is -0.00410. The third-order valence-corrected chi connectivity index (χ3v) is 5.64. The van der Waals surface area contributed by atoms with Crippen molar-refractivity contribution in [3.8, 4) is 0 Å². The minimum Gasteiger partial charge on any atom is -0.371 e. The maximum Gasteiger partial charge on any atom is 0.256 e. The maximum atomic E-state index is 13.2. The Morgan fingerprint density at radius 3 is 2.26 bits per heavy atom. The third kappa shape index (κ3) is 6.58. The summed E-state index contributed by atoms with van der Waals surface area (Å²) in [5.41, 5.74) is 2.82. The van der Waals surface area contributed by atoms with Crippen LogP contribution in [0.3, 0.4) is 0 Å². The summed E-state index contributed by atoms with van der Waals surface area (Å²) in [6.45, 7) is 8.48. The van der Waals surface area contributed by atoms with E-state index in [0.29, 0.717) is 13.0 Å². The van der Waals surface area contributed by atoms with Crippen LogP contribution < -0.4 is 10.2 Å². The molecule has 31 heavy (non-hydrogen) atoms. The lowest BCUT2D eigenvalue weighted by Gasteiger charge is -2.35. The van der Waals surface area contributed by atoms with E-state index in [1.165, 1.54) is 0 Å². The Morgan fingerprint density at radius 2 is 1.61 bits per heavy atom. The first-order valence-electron chi connectivity index (χ1n) is 11.2. The summed E-state index contributed by atoms with van der Waals surface area (Å²) < 4.78 is 0. The predicted molar refractivity (Wildman–Crippen MR) is 126 cm³/mol. The molecule has 0 atom stereocenters. The SMILES string of the molecule is CN(Cc1ccccc1)C(=O)c1ccccc1N1CCC(NC(=O)CC(C)(C)C)CC1. The molecule has 2 amide bonds. The number of hydrogen-bond donors (Lipinski definition) is 1. The standard InChI is InChI=1S/C26H35N3O2/c1-26(2,3)18-24(30)27-21-14-16-29(17-15-21)23-13-9-8-12-22(23)25(31)28(4)19-20-10-6-5-7-11-20/h5-13,21H,14-19H2,1-4H3,(H,27,30). The number of carbonyl (C=O) groups excluding carboxylic acids is 2. The number of para-hydroxylation sites is 1. The van der Waals surface area contributed by atoms with E-state index in [4.69, 9.17) is 0 Å². The molecule has 3 rings (SSSR count). The Bertz CT molecular complexity index is 881. The van der Waals surface area contributed by atoms with Crippen LogP contribution in [0.5, 0.6) is 0 Å². The van der Waals surface area contributed by atoms with Crippen LogP contribution in [0.4, 0.5) is 5.69 Å². The van der Waals surface area contributed by atoms with Gasteiger partial charge in [-0.2, -0.15) is 0 Å². The lowest BCUT2D eigenvalue weighted by atomic mass is 9.91. The van der Waals surface area contributed by atoms with Gasteiger partial charge in [0.25, 0.3) is 5.91 Å². The highest BCUT2D eigenvalue weighted by Gasteiger charge is 2.26. The second kappa shape index (κ2) is 9.99. The van der Waals surface area contributed by atoms with Crippen molar-refractivity contribution in [1.82, 2.24) is 10.2 Å². The topological polar surface area (TPSA) is 52.7 Å². The molecule has 0 unspecified atom stereocenters. The summed E-state index contributed by atoms with van der Waals surface area (Å²) in [7, 11) is 1.85. The van der Waals surface area contributed by atoms with Gasteiger partial charge in [-0.05, 0) is 36.0 Å². The van der Waals surface area contributed by atoms with Crippen molar-refractivity contribution in [2.75, 3.05) is 25.0 Å². The van der Waals surface area contributed by atoms with E-state index in [0.717, 1.165) is 42.7 Å². The Morgan fingerprint density at radius 1 is 1.00 bits per heavy atom. The first-order chi connectivity index (χ1) is 14.7. The maximum absolute atomic E-state index is 13.2. The van der Waals surface area contributed by atoms with Gasteiger partial charge in [-0.1, -0.05) is 63.2 Å². The van der Waals surface area contributed by atoms with E-state index in [1.54, 1.807) is 4.90 Å². The van der Waals surface area contributed by atoms with Crippen molar-refractivity contribution in [3.63, 3.8) is 0 Å². The number of nitrogens with zero attached hydrogens (tertiary/aromatic N) is 2. The molecular formula is C26H35N3O2. The molecule has 5 nitrogen and oxygen atoms in total. The lowest BCUT2D eigenvalue weighted by Crippen LogP contribution is -2.45. The fourth-order valence-electron chi connectivity index (χ4n) is 4.09. The smallest absolute Gasteiger partial charge is 0.256 e. The van der Waals surface area contributed by atoms with E-state index >= 15 is 0 Å². The van der Waals surface area contributed by atoms with Gasteiger partial charge >= 0.3 is 0 Å². The van der Waals surface area contributed by atoms with Crippen molar-refractivity contribution in [1.29, 1.82) is 0 Å². The fourth-order valence-corrected chi connectivity index (χ4v) is 4.09. The van der Waals surface area contributed by atoms with Gasteiger partial charge in [0.05, 0.1) is 5.56 Å². The first kappa shape index (κ1) is 22.9. The normalized spacial score (nSPS) is 14.9. The zero-order chi connectivity index (χ0) is 22.4. The second-order valence-corrected chi connectivity index (χ2v) is 9.73. The molecule has 1 aliphatic heterocycles. The average Bonchev–Trinajstić information content (AvgIpc) is 2.73. The highest BCUT2D eigenvalue weighted by Crippen LogP contribution is 2.26. The molecule has 1 N–H and O–H groups in total. The zero-order valence-electron chi connectivity index (χ0n) is 19.2. The molecule has 2 aromatic carbocycles. The summed E-state index contributed by atoms with van der Waals surface area (Å²) in [5, 5.41) is 3.19.